The highest BCUT2D eigenvalue weighted by atomic mass is 16.4. The standard InChI is InChI=1S/C15H20N2O2/c1-5-11(15(18)19)10-6-7-13-12(8-10)16-14(9(2)3)17(13)4/h6-9,11H,5H2,1-4H3,(H,18,19). The van der Waals surface area contributed by atoms with E-state index in [2.05, 4.69) is 23.4 Å². The number of nitrogens with zero attached hydrogens (tertiary/aromatic N) is 2. The van der Waals surface area contributed by atoms with Crippen LogP contribution in [0.3, 0.4) is 0 Å². The summed E-state index contributed by atoms with van der Waals surface area (Å²) in [7, 11) is 2.00. The van der Waals surface area contributed by atoms with Crippen molar-refractivity contribution in [2.45, 2.75) is 39.0 Å². The monoisotopic (exact) mass is 260 g/mol. The number of rotatable bonds is 4. The molecular weight excluding hydrogens is 240 g/mol. The average Bonchev–Trinajstić information content (AvgIpc) is 2.67. The van der Waals surface area contributed by atoms with Crippen LogP contribution in [0.1, 0.15) is 50.4 Å². The first kappa shape index (κ1) is 13.6. The molecule has 19 heavy (non-hydrogen) atoms. The summed E-state index contributed by atoms with van der Waals surface area (Å²) < 4.78 is 2.07. The second-order valence-corrected chi connectivity index (χ2v) is 5.23. The van der Waals surface area contributed by atoms with Crippen LogP contribution in [0.25, 0.3) is 11.0 Å². The molecule has 2 rings (SSSR count). The van der Waals surface area contributed by atoms with E-state index in [1.54, 1.807) is 0 Å². The molecule has 0 fully saturated rings. The maximum atomic E-state index is 11.2. The lowest BCUT2D eigenvalue weighted by molar-refractivity contribution is -0.138. The highest BCUT2D eigenvalue weighted by Crippen LogP contribution is 2.26. The van der Waals surface area contributed by atoms with Gasteiger partial charge in [-0.2, -0.15) is 0 Å². The molecule has 0 spiro atoms. The molecule has 102 valence electrons. The molecule has 1 unspecified atom stereocenters. The number of imidazole rings is 1. The van der Waals surface area contributed by atoms with E-state index in [0.29, 0.717) is 12.3 Å². The number of aliphatic carboxylic acids is 1. The van der Waals surface area contributed by atoms with Crippen molar-refractivity contribution in [1.29, 1.82) is 0 Å². The molecule has 0 saturated heterocycles. The summed E-state index contributed by atoms with van der Waals surface area (Å²) in [5.74, 6) is 0.147. The van der Waals surface area contributed by atoms with Gasteiger partial charge >= 0.3 is 5.97 Å². The molecule has 1 N–H and O–H groups in total. The van der Waals surface area contributed by atoms with Crippen molar-refractivity contribution in [2.75, 3.05) is 0 Å². The van der Waals surface area contributed by atoms with E-state index in [1.807, 2.05) is 32.2 Å². The first-order valence-electron chi connectivity index (χ1n) is 6.64. The van der Waals surface area contributed by atoms with Crippen LogP contribution in [-0.4, -0.2) is 20.6 Å². The summed E-state index contributed by atoms with van der Waals surface area (Å²) >= 11 is 0. The predicted molar refractivity (Wildman–Crippen MR) is 75.5 cm³/mol. The summed E-state index contributed by atoms with van der Waals surface area (Å²) in [4.78, 5) is 15.8. The van der Waals surface area contributed by atoms with Gasteiger partial charge in [0, 0.05) is 13.0 Å². The van der Waals surface area contributed by atoms with Crippen LogP contribution < -0.4 is 0 Å². The van der Waals surface area contributed by atoms with E-state index >= 15 is 0 Å². The number of carboxylic acid groups (broad SMARTS) is 1. The van der Waals surface area contributed by atoms with Gasteiger partial charge in [-0.3, -0.25) is 4.79 Å². The van der Waals surface area contributed by atoms with Crippen molar-refractivity contribution < 1.29 is 9.90 Å². The Kier molecular flexibility index (Phi) is 3.60. The number of hydrogen-bond donors (Lipinski definition) is 1. The van der Waals surface area contributed by atoms with Crippen molar-refractivity contribution in [3.8, 4) is 0 Å². The lowest BCUT2D eigenvalue weighted by Crippen LogP contribution is -2.10. The van der Waals surface area contributed by atoms with Crippen LogP contribution >= 0.6 is 0 Å². The topological polar surface area (TPSA) is 55.1 Å². The number of carbonyl (C=O) groups is 1. The maximum absolute atomic E-state index is 11.2. The van der Waals surface area contributed by atoms with Gasteiger partial charge in [0.2, 0.25) is 0 Å². The number of aryl methyl sites for hydroxylation is 1. The third-order valence-corrected chi connectivity index (χ3v) is 3.56. The highest BCUT2D eigenvalue weighted by Gasteiger charge is 2.19. The zero-order valence-electron chi connectivity index (χ0n) is 11.8. The maximum Gasteiger partial charge on any atom is 0.310 e. The van der Waals surface area contributed by atoms with Gasteiger partial charge in [0.05, 0.1) is 17.0 Å². The van der Waals surface area contributed by atoms with Gasteiger partial charge in [0.25, 0.3) is 0 Å². The van der Waals surface area contributed by atoms with Crippen LogP contribution in [0.15, 0.2) is 18.2 Å². The molecule has 0 aliphatic heterocycles. The Labute approximate surface area is 113 Å². The van der Waals surface area contributed by atoms with Gasteiger partial charge < -0.3 is 9.67 Å². The molecule has 0 saturated carbocycles. The molecule has 0 aliphatic rings. The Balaban J connectivity index is 2.55. The molecule has 0 bridgehead atoms. The molecule has 1 aromatic heterocycles. The van der Waals surface area contributed by atoms with Gasteiger partial charge in [0.1, 0.15) is 5.82 Å². The van der Waals surface area contributed by atoms with Crippen LogP contribution in [0, 0.1) is 0 Å². The largest absolute Gasteiger partial charge is 0.481 e. The molecule has 1 heterocycles. The fraction of sp³-hybridized carbons (Fsp3) is 0.467. The minimum Gasteiger partial charge on any atom is -0.481 e. The van der Waals surface area contributed by atoms with Crippen LogP contribution in [-0.2, 0) is 11.8 Å². The Morgan fingerprint density at radius 1 is 1.42 bits per heavy atom. The van der Waals surface area contributed by atoms with Crippen LogP contribution in [0.4, 0.5) is 0 Å². The van der Waals surface area contributed by atoms with Crippen molar-refractivity contribution >= 4 is 17.0 Å². The molecule has 1 atom stereocenters. The van der Waals surface area contributed by atoms with Gasteiger partial charge in [0.15, 0.2) is 0 Å². The van der Waals surface area contributed by atoms with Crippen LogP contribution in [0.5, 0.6) is 0 Å². The summed E-state index contributed by atoms with van der Waals surface area (Å²) in [6.45, 7) is 6.10. The minimum absolute atomic E-state index is 0.349. The van der Waals surface area contributed by atoms with E-state index in [4.69, 9.17) is 0 Å². The third-order valence-electron chi connectivity index (χ3n) is 3.56. The van der Waals surface area contributed by atoms with Crippen molar-refractivity contribution in [3.63, 3.8) is 0 Å². The smallest absolute Gasteiger partial charge is 0.310 e. The number of aromatic nitrogens is 2. The van der Waals surface area contributed by atoms with Gasteiger partial charge in [-0.15, -0.1) is 0 Å². The average molecular weight is 260 g/mol. The zero-order chi connectivity index (χ0) is 14.2. The van der Waals surface area contributed by atoms with E-state index < -0.39 is 11.9 Å². The van der Waals surface area contributed by atoms with Gasteiger partial charge in [-0.1, -0.05) is 26.8 Å². The van der Waals surface area contributed by atoms with Crippen molar-refractivity contribution in [2.24, 2.45) is 7.05 Å². The first-order chi connectivity index (χ1) is 8.95. The van der Waals surface area contributed by atoms with Gasteiger partial charge in [-0.05, 0) is 24.1 Å². The second kappa shape index (κ2) is 5.03. The van der Waals surface area contributed by atoms with Crippen molar-refractivity contribution in [3.05, 3.63) is 29.6 Å². The summed E-state index contributed by atoms with van der Waals surface area (Å²) in [6, 6.07) is 5.77. The van der Waals surface area contributed by atoms with Gasteiger partial charge in [-0.25, -0.2) is 4.98 Å². The van der Waals surface area contributed by atoms with E-state index in [0.717, 1.165) is 22.4 Å². The molecule has 0 radical (unpaired) electrons. The Hall–Kier alpha value is -1.84. The number of benzene rings is 1. The molecule has 2 aromatic rings. The molecule has 0 amide bonds. The Morgan fingerprint density at radius 2 is 2.11 bits per heavy atom. The summed E-state index contributed by atoms with van der Waals surface area (Å²) in [5, 5.41) is 9.22. The fourth-order valence-corrected chi connectivity index (χ4v) is 2.52. The second-order valence-electron chi connectivity index (χ2n) is 5.23. The summed E-state index contributed by atoms with van der Waals surface area (Å²) in [6.07, 6.45) is 0.588. The quantitative estimate of drug-likeness (QED) is 0.917. The zero-order valence-corrected chi connectivity index (χ0v) is 11.8. The minimum atomic E-state index is -0.776. The first-order valence-corrected chi connectivity index (χ1v) is 6.64. The van der Waals surface area contributed by atoms with E-state index in [1.165, 1.54) is 0 Å². The number of hydrogen-bond acceptors (Lipinski definition) is 2. The van der Waals surface area contributed by atoms with E-state index in [9.17, 15) is 9.90 Å². The normalized spacial score (nSPS) is 13.1. The lowest BCUT2D eigenvalue weighted by Gasteiger charge is -2.09. The van der Waals surface area contributed by atoms with E-state index in [-0.39, 0.29) is 0 Å². The molecule has 1 aromatic carbocycles. The molecule has 4 heteroatoms. The fourth-order valence-electron chi connectivity index (χ4n) is 2.52. The number of fused-ring (bicyclic) bond motifs is 1. The Bertz CT molecular complexity index is 614. The summed E-state index contributed by atoms with van der Waals surface area (Å²) in [5.41, 5.74) is 2.76. The van der Waals surface area contributed by atoms with Crippen LogP contribution in [0.2, 0.25) is 0 Å². The molecule has 0 aliphatic carbocycles. The highest BCUT2D eigenvalue weighted by molar-refractivity contribution is 5.81. The molecule has 4 nitrogen and oxygen atoms in total. The van der Waals surface area contributed by atoms with Crippen molar-refractivity contribution in [1.82, 2.24) is 9.55 Å². The predicted octanol–water partition coefficient (Wildman–Crippen LogP) is 3.27. The number of carboxylic acids is 1. The molecular formula is C15H20N2O2. The SMILES string of the molecule is CCC(C(=O)O)c1ccc2c(c1)nc(C(C)C)n2C. The Morgan fingerprint density at radius 3 is 2.63 bits per heavy atom. The third kappa shape index (κ3) is 2.35. The lowest BCUT2D eigenvalue weighted by atomic mass is 9.96.